The van der Waals surface area contributed by atoms with Crippen molar-refractivity contribution in [1.29, 1.82) is 0 Å². The summed E-state index contributed by atoms with van der Waals surface area (Å²) in [7, 11) is 0. The third-order valence-electron chi connectivity index (χ3n) is 22.7. The molecule has 0 spiro atoms. The highest BCUT2D eigenvalue weighted by molar-refractivity contribution is 8.01. The van der Waals surface area contributed by atoms with Gasteiger partial charge in [0.2, 0.25) is 59.1 Å². The molecule has 3 aromatic carbocycles. The Morgan fingerprint density at radius 2 is 1.33 bits per heavy atom. The number of fused-ring (bicyclic) bond motifs is 5. The predicted molar refractivity (Wildman–Crippen MR) is 446 cm³/mol. The number of imide groups is 2. The van der Waals surface area contributed by atoms with Crippen molar-refractivity contribution in [2.45, 2.75) is 237 Å². The first-order valence-electron chi connectivity index (χ1n) is 42.5. The number of carbonyl (C=O) groups is 11. The molecule has 9 fully saturated rings. The molecular weight excluding hydrogens is 1700 g/mol. The molecule has 1 aromatic heterocycles. The molecule has 126 heavy (non-hydrogen) atoms. The number of aromatic amines is 1. The molecule has 19 N–H and O–H groups in total. The molecule has 44 heteroatoms. The quantitative estimate of drug-likeness (QED) is 0.0161. The summed E-state index contributed by atoms with van der Waals surface area (Å²) >= 11 is 2.01. The molecule has 11 heterocycles. The standard InChI is InChI=1S/C82H113FN14O27S2/c1-42(2)61(76(113)90-48(16-11-26-87-81(84)116)75(112)89-45-21-19-43(20-22-45)37-88-64-66(107)74(83)82(3,117)124-73(64)65(106)50(99)39-98)91-57(102)18-5-4-10-29-95-59(104)35-53(77(95)114)126-41-52-72-68(109)69(110)79(121-52)120-32-12-31-119-71-51(122-80(123-72)70(111)67(71)108)40-125-54-36-60(105)96(78(54)115)30-25-56(101)86-28-34-118-33-27-85-55(100)23-24-58(103)97-38-44-13-6-7-14-46(44)62-63(93-94-92-62)47-15-8-9-17-49(47)97/h6-9,13-15,17,19-22,42,48,50-54,61,64-74,79-80,88,98-99,106-111,117H,4-5,10-12,16,18,23-41H2,1-3H3,(H,85,100)(H,86,101)(H,89,112)(H,90,113)(H,91,102)(H3,84,87,116)(H,92,93,94)/t48?,50-,51-,52-,53?,54?,61?,64-,65-,66-,67-,68-,69-,70-,71-,72-,73-,74-,79-,80+,82?/m1/s1/i/hT. The van der Waals surface area contributed by atoms with Gasteiger partial charge in [0.25, 0.3) is 0 Å². The van der Waals surface area contributed by atoms with Crippen LogP contribution in [0.1, 0.15) is 109 Å². The van der Waals surface area contributed by atoms with Gasteiger partial charge in [0.1, 0.15) is 78.8 Å². The van der Waals surface area contributed by atoms with E-state index in [-0.39, 0.29) is 172 Å². The van der Waals surface area contributed by atoms with Crippen LogP contribution < -0.4 is 47.9 Å². The average molecular weight is 1810 g/mol. The topological polar surface area (TPSA) is 596 Å². The van der Waals surface area contributed by atoms with Gasteiger partial charge in [-0.15, -0.1) is 28.6 Å². The molecule has 10 aliphatic rings. The maximum absolute atomic E-state index is 15.0. The normalized spacial score (nSPS) is 27.8. The number of hydrogen-bond acceptors (Lipinski definition) is 32. The Hall–Kier alpha value is -8.88. The van der Waals surface area contributed by atoms with Gasteiger partial charge in [-0.05, 0) is 74.3 Å². The number of aliphatic hydroxyl groups excluding tert-OH is 8. The van der Waals surface area contributed by atoms with Crippen molar-refractivity contribution in [3.63, 3.8) is 0 Å². The number of amides is 12. The minimum absolute atomic E-state index is 0.000800. The first kappa shape index (κ1) is 96.2. The Kier molecular flexibility index (Phi) is 35.0. The van der Waals surface area contributed by atoms with E-state index in [0.29, 0.717) is 40.2 Å². The number of urea groups is 1. The molecular formula is C82H113FN14O27S2. The summed E-state index contributed by atoms with van der Waals surface area (Å²) in [5.74, 6) is -8.48. The Morgan fingerprint density at radius 3 is 2.01 bits per heavy atom. The number of anilines is 2. The summed E-state index contributed by atoms with van der Waals surface area (Å²) in [6.45, 7) is 3.43. The number of likely N-dealkylation sites (tertiary alicyclic amines) is 2. The molecule has 4 bridgehead atoms. The second kappa shape index (κ2) is 45.9. The third-order valence-corrected chi connectivity index (χ3v) is 25.2. The lowest BCUT2D eigenvalue weighted by atomic mass is 9.88. The van der Waals surface area contributed by atoms with E-state index < -0.39 is 192 Å². The number of ether oxygens (including phenoxy) is 7. The number of para-hydroxylation sites is 1. The number of nitrogens with zero attached hydrogens (tertiary/aromatic N) is 5. The van der Waals surface area contributed by atoms with Crippen LogP contribution >= 0.6 is 23.5 Å². The number of carbonyl (C=O) groups excluding carboxylic acids is 11. The van der Waals surface area contributed by atoms with Gasteiger partial charge >= 0.3 is 6.03 Å². The first-order chi connectivity index (χ1) is 60.7. The lowest BCUT2D eigenvalue weighted by molar-refractivity contribution is -0.356. The van der Waals surface area contributed by atoms with Crippen LogP contribution in [-0.4, -0.2) is 340 Å². The molecule has 41 nitrogen and oxygen atoms in total. The minimum Gasteiger partial charge on any atom is -0.394 e. The summed E-state index contributed by atoms with van der Waals surface area (Å²) in [6.07, 6.45) is -24.5. The highest BCUT2D eigenvalue weighted by Gasteiger charge is 2.56. The van der Waals surface area contributed by atoms with E-state index in [4.69, 9.17) is 40.3 Å². The van der Waals surface area contributed by atoms with Crippen LogP contribution in [0, 0.1) is 5.92 Å². The number of nitrogens with two attached hydrogens (primary N) is 1. The second-order valence-electron chi connectivity index (χ2n) is 32.2. The van der Waals surface area contributed by atoms with Gasteiger partial charge in [-0.2, -0.15) is 0 Å². The number of hydrogen-bond donors (Lipinski definition) is 18. The van der Waals surface area contributed by atoms with Crippen molar-refractivity contribution in [3.8, 4) is 22.5 Å². The van der Waals surface area contributed by atoms with Gasteiger partial charge in [-0.1, -0.05) is 80.1 Å². The summed E-state index contributed by atoms with van der Waals surface area (Å²) in [5, 5.41) is 124. The van der Waals surface area contributed by atoms with E-state index in [1.165, 1.54) is 12.1 Å². The van der Waals surface area contributed by atoms with E-state index in [1.807, 2.05) is 24.3 Å². The number of primary amides is 1. The average Bonchev–Trinajstić information content (AvgIpc) is 1.64. The Labute approximate surface area is 734 Å². The van der Waals surface area contributed by atoms with Gasteiger partial charge in [0.15, 0.2) is 26.0 Å². The monoisotopic (exact) mass is 1810 g/mol. The van der Waals surface area contributed by atoms with Crippen molar-refractivity contribution in [2.24, 2.45) is 11.7 Å². The number of alkyl halides is 1. The number of rotatable bonds is 40. The molecule has 5 unspecified atom stereocenters. The lowest BCUT2D eigenvalue weighted by Crippen LogP contribution is -2.69. The number of aromatic nitrogens is 3. The summed E-state index contributed by atoms with van der Waals surface area (Å²) in [5.41, 5.74) is 9.64. The highest BCUT2D eigenvalue weighted by atomic mass is 32.2. The van der Waals surface area contributed by atoms with Crippen LogP contribution in [-0.2, 0) is 94.2 Å². The van der Waals surface area contributed by atoms with Gasteiger partial charge in [0.05, 0.1) is 73.1 Å². The number of thioether (sulfide) groups is 2. The van der Waals surface area contributed by atoms with Crippen LogP contribution in [0.2, 0.25) is 1.41 Å². The van der Waals surface area contributed by atoms with E-state index in [0.717, 1.165) is 50.9 Å². The minimum atomic E-state index is -2.54. The Bertz CT molecular complexity index is 4480. The summed E-state index contributed by atoms with van der Waals surface area (Å²) in [6, 6.07) is 16.1. The number of nitrogens with one attached hydrogen (secondary N) is 8. The molecule has 0 radical (unpaired) electrons. The number of H-pyrrole nitrogens is 1. The van der Waals surface area contributed by atoms with Crippen molar-refractivity contribution in [1.82, 2.24) is 57.1 Å². The number of unbranched alkanes of at least 4 members (excludes halogenated alkanes) is 2. The van der Waals surface area contributed by atoms with Crippen molar-refractivity contribution < 1.29 is 138 Å². The molecule has 4 aromatic rings. The Morgan fingerprint density at radius 1 is 0.698 bits per heavy atom. The maximum Gasteiger partial charge on any atom is 0.312 e. The maximum atomic E-state index is 15.0. The predicted octanol–water partition coefficient (Wildman–Crippen LogP) is -2.54. The molecule has 12 amide bonds. The van der Waals surface area contributed by atoms with E-state index in [2.05, 4.69) is 47.5 Å². The highest BCUT2D eigenvalue weighted by Crippen LogP contribution is 2.42. The zero-order valence-electron chi connectivity index (χ0n) is 70.8. The van der Waals surface area contributed by atoms with Crippen LogP contribution in [0.5, 0.6) is 0 Å². The van der Waals surface area contributed by atoms with Gasteiger partial charge in [0, 0.05) is 113 Å². The number of aliphatic hydroxyl groups is 9. The van der Waals surface area contributed by atoms with Crippen molar-refractivity contribution in [2.75, 3.05) is 87.5 Å². The summed E-state index contributed by atoms with van der Waals surface area (Å²) < 4.78 is 65.0. The molecule has 692 valence electrons. The molecule has 9 saturated heterocycles. The number of halogens is 1. The van der Waals surface area contributed by atoms with E-state index in [9.17, 15) is 98.7 Å². The second-order valence-corrected chi connectivity index (χ2v) is 34.7. The number of benzene rings is 3. The van der Waals surface area contributed by atoms with Crippen molar-refractivity contribution >= 4 is 100 Å². The molecule has 0 aliphatic carbocycles. The molecule has 0 saturated carbocycles. The molecule has 10 aliphatic heterocycles. The zero-order chi connectivity index (χ0) is 91.5. The van der Waals surface area contributed by atoms with Crippen LogP contribution in [0.25, 0.3) is 22.5 Å². The fourth-order valence-electron chi connectivity index (χ4n) is 15.7. The molecule has 14 rings (SSSR count). The van der Waals surface area contributed by atoms with Crippen LogP contribution in [0.4, 0.5) is 20.6 Å². The van der Waals surface area contributed by atoms with Gasteiger partial charge < -0.3 is 127 Å². The van der Waals surface area contributed by atoms with Crippen molar-refractivity contribution in [3.05, 3.63) is 83.9 Å². The van der Waals surface area contributed by atoms with Crippen LogP contribution in [0.15, 0.2) is 72.8 Å². The summed E-state index contributed by atoms with van der Waals surface area (Å²) in [4.78, 5) is 151. The first-order valence-corrected chi connectivity index (χ1v) is 44.2. The Balaban J connectivity index is 0.589. The largest absolute Gasteiger partial charge is 0.394 e. The molecule has 21 atom stereocenters. The third kappa shape index (κ3) is 25.2. The SMILES string of the molecule is [3H]n1nnc2c1-c1ccccc1CN(C(=O)CCC(=O)NCCOCCNC(=O)CCN1C(=O)CC(SC[C@H]3O[C@H]4O[C@H]5[C@H](O)[C@@H](O)[C@H](OCCCO[C@H]3[C@H](O)[C@H]4O)O[C@@H]5CSC3CC(=O)N(CCCCCC(=O)NC(C(=O)NC(CCCNC(N)=O)C(=O)Nc4ccc(CN[C@@H]5[C@@H](O)[C@@H](F)C(C)(O)O[C@H]5[C@H](O)[C@H](O)CO)cc4)C(C)C)C3=O)C1=O)c1ccccc1-2. The lowest BCUT2D eigenvalue weighted by Gasteiger charge is -2.47. The zero-order valence-corrected chi connectivity index (χ0v) is 71.4. The van der Waals surface area contributed by atoms with E-state index >= 15 is 4.39 Å². The van der Waals surface area contributed by atoms with Crippen LogP contribution in [0.3, 0.4) is 0 Å². The van der Waals surface area contributed by atoms with Gasteiger partial charge in [-0.3, -0.25) is 62.8 Å². The fraction of sp³-hybridized carbons (Fsp3) is 0.622. The fourth-order valence-corrected chi connectivity index (χ4v) is 18.1. The van der Waals surface area contributed by atoms with E-state index in [1.54, 1.807) is 55.1 Å². The smallest absolute Gasteiger partial charge is 0.312 e. The van der Waals surface area contributed by atoms with Gasteiger partial charge in [-0.25, -0.2) is 9.18 Å².